The molecule has 0 aliphatic carbocycles. The highest BCUT2D eigenvalue weighted by Crippen LogP contribution is 2.28. The van der Waals surface area contributed by atoms with Gasteiger partial charge in [0.15, 0.2) is 0 Å². The molecule has 1 atom stereocenters. The van der Waals surface area contributed by atoms with Gasteiger partial charge in [0.25, 0.3) is 0 Å². The van der Waals surface area contributed by atoms with Gasteiger partial charge in [-0.2, -0.15) is 0 Å². The van der Waals surface area contributed by atoms with Gasteiger partial charge in [0, 0.05) is 5.41 Å². The molecule has 0 amide bonds. The number of hydrogen-bond donors (Lipinski definition) is 0. The maximum Gasteiger partial charge on any atom is 0.119 e. The zero-order chi connectivity index (χ0) is 21.8. The molecular formula is C27H44INO. The summed E-state index contributed by atoms with van der Waals surface area (Å²) < 4.78 is 7.08. The number of allylic oxidation sites excluding steroid dienone is 4. The number of benzene rings is 1. The Balaban J connectivity index is 0.00000841. The fourth-order valence-electron chi connectivity index (χ4n) is 3.21. The van der Waals surface area contributed by atoms with Crippen LogP contribution < -0.4 is 28.7 Å². The quantitative estimate of drug-likeness (QED) is 0.153. The Bertz CT molecular complexity index is 654. The van der Waals surface area contributed by atoms with Gasteiger partial charge in [-0.05, 0) is 71.1 Å². The summed E-state index contributed by atoms with van der Waals surface area (Å²) in [6.45, 7) is 19.6. The molecule has 0 spiro atoms. The first-order valence-corrected chi connectivity index (χ1v) is 11.3. The van der Waals surface area contributed by atoms with Crippen molar-refractivity contribution in [1.82, 2.24) is 0 Å². The molecule has 1 rings (SSSR count). The van der Waals surface area contributed by atoms with Gasteiger partial charge < -0.3 is 33.2 Å². The number of rotatable bonds is 14. The predicted molar refractivity (Wildman–Crippen MR) is 129 cm³/mol. The van der Waals surface area contributed by atoms with Gasteiger partial charge in [-0.15, -0.1) is 6.58 Å². The van der Waals surface area contributed by atoms with Crippen LogP contribution in [-0.4, -0.2) is 37.8 Å². The lowest BCUT2D eigenvalue weighted by atomic mass is 9.84. The molecule has 3 heteroatoms. The second-order valence-corrected chi connectivity index (χ2v) is 8.96. The van der Waals surface area contributed by atoms with Crippen LogP contribution in [0.2, 0.25) is 0 Å². The van der Waals surface area contributed by atoms with Crippen molar-refractivity contribution in [3.63, 3.8) is 0 Å². The van der Waals surface area contributed by atoms with Gasteiger partial charge in [0.05, 0.1) is 33.3 Å². The van der Waals surface area contributed by atoms with Gasteiger partial charge in [0.2, 0.25) is 0 Å². The highest BCUT2D eigenvalue weighted by molar-refractivity contribution is 5.52. The molecule has 0 aromatic heterocycles. The summed E-state index contributed by atoms with van der Waals surface area (Å²) in [7, 11) is 2.34. The summed E-state index contributed by atoms with van der Waals surface area (Å²) in [6.07, 6.45) is 13.3. The molecule has 0 bridgehead atoms. The summed E-state index contributed by atoms with van der Waals surface area (Å²) in [5.74, 6) is 0.959. The van der Waals surface area contributed by atoms with Crippen molar-refractivity contribution in [2.24, 2.45) is 5.41 Å². The summed E-state index contributed by atoms with van der Waals surface area (Å²) in [5.41, 5.74) is 2.59. The number of quaternary nitrogens is 1. The second kappa shape index (κ2) is 14.9. The van der Waals surface area contributed by atoms with E-state index in [2.05, 4.69) is 96.8 Å². The van der Waals surface area contributed by atoms with Crippen molar-refractivity contribution in [2.75, 3.05) is 33.3 Å². The van der Waals surface area contributed by atoms with E-state index in [-0.39, 0.29) is 29.4 Å². The molecule has 0 aliphatic rings. The molecular weight excluding hydrogens is 481 g/mol. The highest BCUT2D eigenvalue weighted by atomic mass is 127. The minimum absolute atomic E-state index is 0. The average molecular weight is 526 g/mol. The summed E-state index contributed by atoms with van der Waals surface area (Å²) in [5, 5.41) is 0. The van der Waals surface area contributed by atoms with Crippen LogP contribution in [0.25, 0.3) is 6.08 Å². The summed E-state index contributed by atoms with van der Waals surface area (Å²) >= 11 is 0. The Labute approximate surface area is 203 Å². The van der Waals surface area contributed by atoms with Gasteiger partial charge in [-0.1, -0.05) is 48.9 Å². The van der Waals surface area contributed by atoms with E-state index in [0.29, 0.717) is 0 Å². The fourth-order valence-corrected chi connectivity index (χ4v) is 3.21. The second-order valence-electron chi connectivity index (χ2n) is 8.96. The van der Waals surface area contributed by atoms with Crippen molar-refractivity contribution in [3.8, 4) is 5.75 Å². The number of hydrogen-bond acceptors (Lipinski definition) is 1. The van der Waals surface area contributed by atoms with E-state index in [9.17, 15) is 0 Å². The van der Waals surface area contributed by atoms with Crippen LogP contribution in [0.1, 0.15) is 65.9 Å². The molecule has 0 radical (unpaired) electrons. The first-order valence-electron chi connectivity index (χ1n) is 11.3. The molecule has 30 heavy (non-hydrogen) atoms. The molecule has 0 saturated heterocycles. The third-order valence-corrected chi connectivity index (χ3v) is 6.13. The SMILES string of the molecule is C=C[C@@](C)(/C=C/c1ccc(OCCCC[N+](C)(CC)CC)cc1)CCC=C(C)C.[I-]. The summed E-state index contributed by atoms with van der Waals surface area (Å²) in [6, 6.07) is 8.42. The maximum atomic E-state index is 5.93. The summed E-state index contributed by atoms with van der Waals surface area (Å²) in [4.78, 5) is 0. The Hall–Kier alpha value is -1.07. The number of ether oxygens (including phenoxy) is 1. The third-order valence-electron chi connectivity index (χ3n) is 6.13. The van der Waals surface area contributed by atoms with Gasteiger partial charge in [-0.3, -0.25) is 0 Å². The van der Waals surface area contributed by atoms with Crippen LogP contribution in [0, 0.1) is 5.41 Å². The molecule has 2 nitrogen and oxygen atoms in total. The van der Waals surface area contributed by atoms with Crippen LogP contribution in [0.4, 0.5) is 0 Å². The van der Waals surface area contributed by atoms with Crippen molar-refractivity contribution >= 4 is 6.08 Å². The van der Waals surface area contributed by atoms with E-state index < -0.39 is 0 Å². The molecule has 0 fully saturated rings. The van der Waals surface area contributed by atoms with Crippen molar-refractivity contribution in [2.45, 2.75) is 60.3 Å². The topological polar surface area (TPSA) is 9.23 Å². The fraction of sp³-hybridized carbons (Fsp3) is 0.556. The van der Waals surface area contributed by atoms with Gasteiger partial charge >= 0.3 is 0 Å². The van der Waals surface area contributed by atoms with E-state index in [4.69, 9.17) is 4.74 Å². The standard InChI is InChI=1S/C27H44NO.HI/c1-8-27(6,20-13-14-24(4)5)21-19-25-15-17-26(18-16-25)29-23-12-11-22-28(7,9-2)10-3;/h8,14-19,21H,1,9-13,20,22-23H2,2-7H3;1H/q+1;/p-1/b21-19+;/t27-;/m1./s1. The van der Waals surface area contributed by atoms with Crippen LogP contribution >= 0.6 is 0 Å². The molecule has 0 aliphatic heterocycles. The van der Waals surface area contributed by atoms with E-state index in [1.165, 1.54) is 37.2 Å². The molecule has 170 valence electrons. The molecule has 1 aromatic carbocycles. The number of nitrogens with zero attached hydrogens (tertiary/aromatic N) is 1. The Kier molecular flexibility index (Phi) is 14.3. The Morgan fingerprint density at radius 1 is 1.10 bits per heavy atom. The van der Waals surface area contributed by atoms with E-state index in [1.807, 2.05) is 0 Å². The van der Waals surface area contributed by atoms with Crippen LogP contribution in [-0.2, 0) is 0 Å². The lowest BCUT2D eigenvalue weighted by molar-refractivity contribution is -0.906. The molecule has 0 unspecified atom stereocenters. The Morgan fingerprint density at radius 3 is 2.27 bits per heavy atom. The van der Waals surface area contributed by atoms with Gasteiger partial charge in [-0.25, -0.2) is 0 Å². The monoisotopic (exact) mass is 525 g/mol. The first kappa shape index (κ1) is 28.9. The number of unbranched alkanes of at least 4 members (excludes halogenated alkanes) is 1. The van der Waals surface area contributed by atoms with Crippen LogP contribution in [0.3, 0.4) is 0 Å². The van der Waals surface area contributed by atoms with E-state index in [1.54, 1.807) is 0 Å². The van der Waals surface area contributed by atoms with Crippen LogP contribution in [0.5, 0.6) is 5.75 Å². The normalized spacial score (nSPS) is 13.4. The minimum atomic E-state index is 0. The van der Waals surface area contributed by atoms with Crippen molar-refractivity contribution in [1.29, 1.82) is 0 Å². The largest absolute Gasteiger partial charge is 1.00 e. The van der Waals surface area contributed by atoms with Gasteiger partial charge in [0.1, 0.15) is 5.75 Å². The van der Waals surface area contributed by atoms with Crippen LogP contribution in [0.15, 0.2) is 54.6 Å². The zero-order valence-corrected chi connectivity index (χ0v) is 22.4. The van der Waals surface area contributed by atoms with E-state index >= 15 is 0 Å². The lowest BCUT2D eigenvalue weighted by Crippen LogP contribution is -3.00. The Morgan fingerprint density at radius 2 is 1.73 bits per heavy atom. The third kappa shape index (κ3) is 11.4. The average Bonchev–Trinajstić information content (AvgIpc) is 2.72. The zero-order valence-electron chi connectivity index (χ0n) is 20.2. The molecule has 0 N–H and O–H groups in total. The lowest BCUT2D eigenvalue weighted by Gasteiger charge is -2.32. The van der Waals surface area contributed by atoms with Crippen molar-refractivity contribution < 1.29 is 33.2 Å². The van der Waals surface area contributed by atoms with Crippen molar-refractivity contribution in [3.05, 3.63) is 60.2 Å². The smallest absolute Gasteiger partial charge is 0.119 e. The highest BCUT2D eigenvalue weighted by Gasteiger charge is 2.16. The molecule has 0 saturated carbocycles. The minimum Gasteiger partial charge on any atom is -1.00 e. The maximum absolute atomic E-state index is 5.93. The number of halogens is 1. The van der Waals surface area contributed by atoms with E-state index in [0.717, 1.165) is 36.1 Å². The first-order chi connectivity index (χ1) is 13.8. The molecule has 1 aromatic rings. The predicted octanol–water partition coefficient (Wildman–Crippen LogP) is 4.29. The molecule has 0 heterocycles.